The highest BCUT2D eigenvalue weighted by molar-refractivity contribution is 9.10. The van der Waals surface area contributed by atoms with Gasteiger partial charge in [-0.25, -0.2) is 0 Å². The molecule has 0 saturated carbocycles. The molecule has 0 aliphatic carbocycles. The second kappa shape index (κ2) is 9.87. The fourth-order valence-electron chi connectivity index (χ4n) is 3.66. The highest BCUT2D eigenvalue weighted by Crippen LogP contribution is 2.36. The predicted molar refractivity (Wildman–Crippen MR) is 121 cm³/mol. The van der Waals surface area contributed by atoms with Crippen molar-refractivity contribution >= 4 is 45.2 Å². The molecule has 2 aromatic rings. The topological polar surface area (TPSA) is 104 Å². The maximum Gasteiger partial charge on any atom is 0.251 e. The van der Waals surface area contributed by atoms with Crippen LogP contribution in [0.2, 0.25) is 0 Å². The van der Waals surface area contributed by atoms with Crippen LogP contribution in [-0.4, -0.2) is 30.2 Å². The third kappa shape index (κ3) is 5.38. The van der Waals surface area contributed by atoms with Gasteiger partial charge in [-0.1, -0.05) is 35.0 Å². The van der Waals surface area contributed by atoms with Crippen molar-refractivity contribution in [2.45, 2.75) is 38.0 Å². The summed E-state index contributed by atoms with van der Waals surface area (Å²) in [5.41, 5.74) is 1.22. The van der Waals surface area contributed by atoms with Crippen molar-refractivity contribution in [1.29, 1.82) is 0 Å². The minimum atomic E-state index is -0.728. The Labute approximate surface area is 189 Å². The quantitative estimate of drug-likeness (QED) is 0.523. The van der Waals surface area contributed by atoms with Crippen LogP contribution >= 0.6 is 15.9 Å². The Bertz CT molecular complexity index is 989. The molecule has 1 heterocycles. The lowest BCUT2D eigenvalue weighted by atomic mass is 9.72. The summed E-state index contributed by atoms with van der Waals surface area (Å²) < 4.78 is 0.886. The van der Waals surface area contributed by atoms with Crippen LogP contribution in [0.1, 0.15) is 48.5 Å². The van der Waals surface area contributed by atoms with Gasteiger partial charge in [0.05, 0.1) is 5.41 Å². The molecule has 3 N–H and O–H groups in total. The summed E-state index contributed by atoms with van der Waals surface area (Å²) in [5, 5.41) is 7.94. The summed E-state index contributed by atoms with van der Waals surface area (Å²) >= 11 is 3.32. The molecule has 0 spiro atoms. The maximum atomic E-state index is 12.5. The van der Waals surface area contributed by atoms with Crippen molar-refractivity contribution in [3.8, 4) is 0 Å². The number of piperidine rings is 1. The zero-order valence-electron chi connectivity index (χ0n) is 17.2. The molecule has 4 amide bonds. The van der Waals surface area contributed by atoms with Crippen molar-refractivity contribution in [1.82, 2.24) is 10.6 Å². The van der Waals surface area contributed by atoms with Crippen LogP contribution in [0.3, 0.4) is 0 Å². The van der Waals surface area contributed by atoms with E-state index in [2.05, 4.69) is 31.9 Å². The van der Waals surface area contributed by atoms with Crippen LogP contribution in [0.4, 0.5) is 5.69 Å². The molecule has 0 radical (unpaired) electrons. The van der Waals surface area contributed by atoms with Gasteiger partial charge in [0.1, 0.15) is 0 Å². The molecule has 1 atom stereocenters. The van der Waals surface area contributed by atoms with Crippen LogP contribution < -0.4 is 16.0 Å². The van der Waals surface area contributed by atoms with Gasteiger partial charge in [-0.2, -0.15) is 0 Å². The number of amides is 4. The van der Waals surface area contributed by atoms with Crippen molar-refractivity contribution < 1.29 is 19.2 Å². The molecule has 8 heteroatoms. The van der Waals surface area contributed by atoms with E-state index in [1.54, 1.807) is 36.4 Å². The van der Waals surface area contributed by atoms with Gasteiger partial charge in [-0.15, -0.1) is 0 Å². The molecule has 3 rings (SSSR count). The van der Waals surface area contributed by atoms with Crippen molar-refractivity contribution in [3.63, 3.8) is 0 Å². The minimum absolute atomic E-state index is 0.132. The zero-order chi connectivity index (χ0) is 22.4. The van der Waals surface area contributed by atoms with Gasteiger partial charge in [0.25, 0.3) is 5.91 Å². The van der Waals surface area contributed by atoms with Crippen molar-refractivity contribution in [3.05, 3.63) is 64.1 Å². The summed E-state index contributed by atoms with van der Waals surface area (Å²) in [6.07, 6.45) is 1.49. The van der Waals surface area contributed by atoms with Gasteiger partial charge < -0.3 is 10.6 Å². The lowest BCUT2D eigenvalue weighted by molar-refractivity contribution is -0.138. The predicted octanol–water partition coefficient (Wildman–Crippen LogP) is 3.29. The number of nitrogens with one attached hydrogen (secondary N) is 3. The fourth-order valence-corrected chi connectivity index (χ4v) is 3.92. The normalized spacial score (nSPS) is 18.3. The number of hydrogen-bond donors (Lipinski definition) is 3. The SMILES string of the molecule is CCC1(c2ccc(NC(=O)CCNC(=O)c3ccc(Br)cc3)cc2)CCC(=O)NC1=O. The second-order valence-corrected chi connectivity index (χ2v) is 8.37. The Morgan fingerprint density at radius 1 is 1.06 bits per heavy atom. The van der Waals surface area contributed by atoms with E-state index in [0.717, 1.165) is 10.0 Å². The molecule has 1 aliphatic rings. The number of halogens is 1. The van der Waals surface area contributed by atoms with Gasteiger partial charge >= 0.3 is 0 Å². The van der Waals surface area contributed by atoms with Crippen LogP contribution in [-0.2, 0) is 19.8 Å². The Morgan fingerprint density at radius 2 is 1.74 bits per heavy atom. The smallest absolute Gasteiger partial charge is 0.251 e. The molecule has 1 fully saturated rings. The number of carbonyl (C=O) groups is 4. The average Bonchev–Trinajstić information content (AvgIpc) is 2.75. The molecule has 1 saturated heterocycles. The number of anilines is 1. The lowest BCUT2D eigenvalue weighted by Crippen LogP contribution is -2.51. The van der Waals surface area contributed by atoms with Crippen LogP contribution in [0, 0.1) is 0 Å². The molecule has 31 heavy (non-hydrogen) atoms. The van der Waals surface area contributed by atoms with Crippen LogP contribution in [0.5, 0.6) is 0 Å². The van der Waals surface area contributed by atoms with Crippen LogP contribution in [0.15, 0.2) is 53.0 Å². The Balaban J connectivity index is 1.53. The molecule has 1 unspecified atom stereocenters. The first-order chi connectivity index (χ1) is 14.8. The number of carbonyl (C=O) groups excluding carboxylic acids is 4. The Hall–Kier alpha value is -3.00. The van der Waals surface area contributed by atoms with Gasteiger partial charge in [0.2, 0.25) is 17.7 Å². The second-order valence-electron chi connectivity index (χ2n) is 7.45. The third-order valence-electron chi connectivity index (χ3n) is 5.54. The molecule has 2 aromatic carbocycles. The summed E-state index contributed by atoms with van der Waals surface area (Å²) in [6.45, 7) is 2.14. The van der Waals surface area contributed by atoms with E-state index in [4.69, 9.17) is 0 Å². The molecular formula is C23H24BrN3O4. The minimum Gasteiger partial charge on any atom is -0.352 e. The van der Waals surface area contributed by atoms with E-state index in [1.165, 1.54) is 0 Å². The Morgan fingerprint density at radius 3 is 2.35 bits per heavy atom. The number of rotatable bonds is 7. The molecule has 7 nitrogen and oxygen atoms in total. The summed E-state index contributed by atoms with van der Waals surface area (Å²) in [5.74, 6) is -0.983. The number of imide groups is 1. The summed E-state index contributed by atoms with van der Waals surface area (Å²) in [7, 11) is 0. The van der Waals surface area contributed by atoms with Gasteiger partial charge in [-0.3, -0.25) is 24.5 Å². The molecule has 0 aromatic heterocycles. The first-order valence-electron chi connectivity index (χ1n) is 10.1. The third-order valence-corrected chi connectivity index (χ3v) is 6.06. The highest BCUT2D eigenvalue weighted by atomic mass is 79.9. The average molecular weight is 486 g/mol. The van der Waals surface area contributed by atoms with Crippen LogP contribution in [0.25, 0.3) is 0 Å². The number of benzene rings is 2. The van der Waals surface area contributed by atoms with Gasteiger partial charge in [-0.05, 0) is 54.8 Å². The van der Waals surface area contributed by atoms with Crippen molar-refractivity contribution in [2.75, 3.05) is 11.9 Å². The summed E-state index contributed by atoms with van der Waals surface area (Å²) in [6, 6.07) is 14.1. The molecule has 1 aliphatic heterocycles. The molecular weight excluding hydrogens is 462 g/mol. The number of hydrogen-bond acceptors (Lipinski definition) is 4. The van der Waals surface area contributed by atoms with E-state index in [-0.39, 0.29) is 36.6 Å². The first-order valence-corrected chi connectivity index (χ1v) is 10.9. The largest absolute Gasteiger partial charge is 0.352 e. The molecule has 0 bridgehead atoms. The van der Waals surface area contributed by atoms with E-state index < -0.39 is 5.41 Å². The monoisotopic (exact) mass is 485 g/mol. The highest BCUT2D eigenvalue weighted by Gasteiger charge is 2.42. The van der Waals surface area contributed by atoms with E-state index in [1.807, 2.05) is 19.1 Å². The fraction of sp³-hybridized carbons (Fsp3) is 0.304. The van der Waals surface area contributed by atoms with E-state index >= 15 is 0 Å². The van der Waals surface area contributed by atoms with Gasteiger partial charge in [0, 0.05) is 35.1 Å². The maximum absolute atomic E-state index is 12.5. The zero-order valence-corrected chi connectivity index (χ0v) is 18.8. The first kappa shape index (κ1) is 22.7. The van der Waals surface area contributed by atoms with Gasteiger partial charge in [0.15, 0.2) is 0 Å². The van der Waals surface area contributed by atoms with E-state index in [0.29, 0.717) is 30.5 Å². The standard InChI is InChI=1S/C23H24BrN3O4/c1-2-23(13-11-19(28)27-22(23)31)16-5-9-18(10-6-16)26-20(29)12-14-25-21(30)15-3-7-17(24)8-4-15/h3-10H,2,11-14H2,1H3,(H,25,30)(H,26,29)(H,27,28,31). The lowest BCUT2D eigenvalue weighted by Gasteiger charge is -2.35. The Kier molecular flexibility index (Phi) is 7.22. The van der Waals surface area contributed by atoms with E-state index in [9.17, 15) is 19.2 Å². The molecule has 162 valence electrons. The van der Waals surface area contributed by atoms with Crippen molar-refractivity contribution in [2.24, 2.45) is 0 Å². The summed E-state index contributed by atoms with van der Waals surface area (Å²) in [4.78, 5) is 48.2.